The number of hydrogen-bond acceptors (Lipinski definition) is 16. The van der Waals surface area contributed by atoms with Crippen molar-refractivity contribution >= 4 is 0 Å². The smallest absolute Gasteiger partial charge is 0.233 e. The van der Waals surface area contributed by atoms with Crippen LogP contribution < -0.4 is 47.4 Å². The van der Waals surface area contributed by atoms with Crippen LogP contribution in [0.3, 0.4) is 0 Å². The van der Waals surface area contributed by atoms with E-state index in [0.717, 1.165) is 130 Å². The highest BCUT2D eigenvalue weighted by atomic mass is 16.5. The molecule has 0 radical (unpaired) electrons. The maximum atomic E-state index is 5.87. The standard InChI is InChI=1S/C15H18N2O3.C15H18N2O2.C14H18N2O2.2C13H16N2O2/c1-18-14-7-3-2-6-12(14)13-9-15(17-16-13)20-10-11-5-4-8-19-11;1-18-14-9-5-4-8-12(14)13-10-15(17-16-13)19-11-6-2-3-7-11;1-4-10(2)18-14-9-12(15-16-14)11-7-5-6-8-13(11)17-3;1-9(2)17-13-8-11(14-15-13)10-6-4-5-7-12(10)16-3;1-3-8-17-13-9-11(14-15-13)10-6-4-5-7-12(10)16-2/h2-3,6-7,9,11H,4-5,8,10H2,1H3,(H,16,17);4-5,8-11H,2-3,6-7H2,1H3,(H,16,17);5-10H,4H2,1-3H3,(H,15,16);4-9H,1-3H3,(H,14,15);4-7,9H,3,8H2,1-2H3,(H,14,15). The Balaban J connectivity index is 0.000000147. The number of methoxy groups -OCH3 is 5. The molecule has 482 valence electrons. The first-order valence-electron chi connectivity index (χ1n) is 30.8. The molecule has 21 heteroatoms. The minimum Gasteiger partial charge on any atom is -0.496 e. The molecule has 0 amide bonds. The van der Waals surface area contributed by atoms with E-state index in [2.05, 4.69) is 64.8 Å². The molecule has 5 N–H and O–H groups in total. The quantitative estimate of drug-likeness (QED) is 0.0400. The van der Waals surface area contributed by atoms with Crippen molar-refractivity contribution in [3.8, 4) is 114 Å². The summed E-state index contributed by atoms with van der Waals surface area (Å²) in [5.74, 6) is 7.18. The van der Waals surface area contributed by atoms with Gasteiger partial charge in [0.1, 0.15) is 41.5 Å². The predicted octanol–water partition coefficient (Wildman–Crippen LogP) is 15.1. The summed E-state index contributed by atoms with van der Waals surface area (Å²) in [5.41, 5.74) is 9.38. The molecule has 2 aliphatic rings. The molecule has 0 bridgehead atoms. The Bertz CT molecular complexity index is 3690. The van der Waals surface area contributed by atoms with Gasteiger partial charge in [0, 0.05) is 64.8 Å². The van der Waals surface area contributed by atoms with E-state index in [4.69, 9.17) is 52.1 Å². The average molecular weight is 1240 g/mol. The maximum Gasteiger partial charge on any atom is 0.233 e. The summed E-state index contributed by atoms with van der Waals surface area (Å²) in [6, 6.07) is 48.6. The van der Waals surface area contributed by atoms with E-state index in [1.54, 1.807) is 35.5 Å². The van der Waals surface area contributed by atoms with Crippen molar-refractivity contribution in [2.75, 3.05) is 55.4 Å². The van der Waals surface area contributed by atoms with Crippen molar-refractivity contribution in [2.45, 2.75) is 110 Å². The SMILES string of the molecule is CCC(C)Oc1cc(-c2ccccc2OC)[nH]n1.CCCOc1cc(-c2ccccc2OC)[nH]n1.COc1ccccc1-c1cc(OC(C)C)n[nH]1.COc1ccccc1-c1cc(OC2CCCC2)n[nH]1.COc1ccccc1-c1cc(OCC2CCCO2)n[nH]1. The number of ether oxygens (including phenoxy) is 11. The molecule has 6 heterocycles. The van der Waals surface area contributed by atoms with E-state index in [1.807, 2.05) is 172 Å². The van der Waals surface area contributed by atoms with E-state index in [0.29, 0.717) is 48.7 Å². The Morgan fingerprint density at radius 2 is 0.780 bits per heavy atom. The van der Waals surface area contributed by atoms with E-state index >= 15 is 0 Å². The highest BCUT2D eigenvalue weighted by molar-refractivity contribution is 5.71. The lowest BCUT2D eigenvalue weighted by molar-refractivity contribution is 0.0663. The minimum absolute atomic E-state index is 0.115. The lowest BCUT2D eigenvalue weighted by Crippen LogP contribution is -2.16. The lowest BCUT2D eigenvalue weighted by atomic mass is 10.1. The van der Waals surface area contributed by atoms with Gasteiger partial charge < -0.3 is 52.1 Å². The molecule has 5 aromatic carbocycles. The summed E-state index contributed by atoms with van der Waals surface area (Å²) >= 11 is 0. The zero-order valence-corrected chi connectivity index (χ0v) is 53.7. The van der Waals surface area contributed by atoms with Crippen molar-refractivity contribution < 1.29 is 52.1 Å². The first-order valence-corrected chi connectivity index (χ1v) is 30.8. The van der Waals surface area contributed by atoms with Crippen molar-refractivity contribution in [3.63, 3.8) is 0 Å². The van der Waals surface area contributed by atoms with E-state index in [-0.39, 0.29) is 18.3 Å². The zero-order valence-electron chi connectivity index (χ0n) is 53.7. The first kappa shape index (κ1) is 67.0. The van der Waals surface area contributed by atoms with Gasteiger partial charge in [-0.05, 0) is 133 Å². The molecule has 5 aromatic heterocycles. The topological polar surface area (TPSA) is 245 Å². The van der Waals surface area contributed by atoms with Crippen LogP contribution in [-0.4, -0.2) is 131 Å². The summed E-state index contributed by atoms with van der Waals surface area (Å²) in [7, 11) is 8.30. The number of nitrogens with zero attached hydrogens (tertiary/aromatic N) is 5. The van der Waals surface area contributed by atoms with Crippen molar-refractivity contribution in [3.05, 3.63) is 152 Å². The number of aromatic nitrogens is 10. The molecule has 0 spiro atoms. The van der Waals surface area contributed by atoms with Gasteiger partial charge in [0.15, 0.2) is 0 Å². The highest BCUT2D eigenvalue weighted by Crippen LogP contribution is 2.35. The van der Waals surface area contributed by atoms with Crippen LogP contribution >= 0.6 is 0 Å². The normalized spacial score (nSPS) is 13.5. The second kappa shape index (κ2) is 35.3. The summed E-state index contributed by atoms with van der Waals surface area (Å²) in [5, 5.41) is 35.6. The van der Waals surface area contributed by atoms with Crippen LogP contribution in [0.4, 0.5) is 0 Å². The van der Waals surface area contributed by atoms with Gasteiger partial charge in [0.25, 0.3) is 0 Å². The molecule has 12 rings (SSSR count). The molecular weight excluding hydrogens is 1160 g/mol. The molecule has 21 nitrogen and oxygen atoms in total. The molecule has 1 aliphatic heterocycles. The number of aromatic amines is 5. The van der Waals surface area contributed by atoms with Gasteiger partial charge in [-0.3, -0.25) is 25.5 Å². The number of H-pyrrole nitrogens is 5. The summed E-state index contributed by atoms with van der Waals surface area (Å²) in [6.07, 6.45) is 9.69. The molecular formula is C70H86N10O11. The number of rotatable bonds is 23. The summed E-state index contributed by atoms with van der Waals surface area (Å²) in [6.45, 7) is 12.2. The van der Waals surface area contributed by atoms with Gasteiger partial charge in [-0.25, -0.2) is 0 Å². The molecule has 2 fully saturated rings. The van der Waals surface area contributed by atoms with Crippen LogP contribution in [0.1, 0.15) is 86.0 Å². The van der Waals surface area contributed by atoms with Gasteiger partial charge in [0.05, 0.1) is 88.9 Å². The summed E-state index contributed by atoms with van der Waals surface area (Å²) in [4.78, 5) is 0. The Kier molecular flexibility index (Phi) is 26.0. The predicted molar refractivity (Wildman–Crippen MR) is 352 cm³/mol. The van der Waals surface area contributed by atoms with Gasteiger partial charge in [-0.1, -0.05) is 74.5 Å². The van der Waals surface area contributed by atoms with E-state index in [9.17, 15) is 0 Å². The summed E-state index contributed by atoms with van der Waals surface area (Å²) < 4.78 is 60.3. The van der Waals surface area contributed by atoms with Gasteiger partial charge in [-0.2, -0.15) is 0 Å². The molecule has 91 heavy (non-hydrogen) atoms. The molecule has 2 unspecified atom stereocenters. The average Bonchev–Trinajstić information content (AvgIpc) is 3.92. The lowest BCUT2D eigenvalue weighted by Gasteiger charge is -2.09. The Labute approximate surface area is 532 Å². The number of nitrogens with one attached hydrogen (secondary N) is 5. The van der Waals surface area contributed by atoms with E-state index in [1.165, 1.54) is 12.8 Å². The Morgan fingerprint density at radius 3 is 1.14 bits per heavy atom. The monoisotopic (exact) mass is 1240 g/mol. The first-order chi connectivity index (χ1) is 44.5. The zero-order chi connectivity index (χ0) is 64.2. The van der Waals surface area contributed by atoms with Crippen molar-refractivity contribution in [1.82, 2.24) is 51.0 Å². The molecule has 2 atom stereocenters. The fraction of sp³-hybridized carbons (Fsp3) is 0.357. The van der Waals surface area contributed by atoms with Gasteiger partial charge in [0.2, 0.25) is 29.4 Å². The Morgan fingerprint density at radius 1 is 0.429 bits per heavy atom. The van der Waals surface area contributed by atoms with Crippen LogP contribution in [-0.2, 0) is 4.74 Å². The van der Waals surface area contributed by atoms with Crippen LogP contribution in [0, 0.1) is 0 Å². The van der Waals surface area contributed by atoms with Crippen LogP contribution in [0.15, 0.2) is 152 Å². The van der Waals surface area contributed by atoms with Crippen molar-refractivity contribution in [1.29, 1.82) is 0 Å². The third kappa shape index (κ3) is 19.8. The largest absolute Gasteiger partial charge is 0.496 e. The van der Waals surface area contributed by atoms with Gasteiger partial charge >= 0.3 is 0 Å². The van der Waals surface area contributed by atoms with E-state index < -0.39 is 0 Å². The Hall–Kier alpha value is -9.89. The number of hydrogen-bond donors (Lipinski definition) is 5. The fourth-order valence-corrected chi connectivity index (χ4v) is 9.74. The second-order valence-corrected chi connectivity index (χ2v) is 21.4. The third-order valence-corrected chi connectivity index (χ3v) is 14.5. The number of para-hydroxylation sites is 5. The third-order valence-electron chi connectivity index (χ3n) is 14.5. The van der Waals surface area contributed by atoms with Crippen molar-refractivity contribution in [2.24, 2.45) is 0 Å². The fourth-order valence-electron chi connectivity index (χ4n) is 9.74. The molecule has 1 aliphatic carbocycles. The molecule has 1 saturated heterocycles. The number of benzene rings is 5. The van der Waals surface area contributed by atoms with Gasteiger partial charge in [-0.15, -0.1) is 25.5 Å². The van der Waals surface area contributed by atoms with Crippen LogP contribution in [0.5, 0.6) is 58.1 Å². The maximum absolute atomic E-state index is 5.87. The highest BCUT2D eigenvalue weighted by Gasteiger charge is 2.20. The molecule has 10 aromatic rings. The minimum atomic E-state index is 0.115. The second-order valence-electron chi connectivity index (χ2n) is 21.4. The van der Waals surface area contributed by atoms with Crippen LogP contribution in [0.2, 0.25) is 0 Å². The molecule has 1 saturated carbocycles. The van der Waals surface area contributed by atoms with Crippen LogP contribution in [0.25, 0.3) is 56.3 Å².